The summed E-state index contributed by atoms with van der Waals surface area (Å²) in [6.07, 6.45) is 8.07. The zero-order chi connectivity index (χ0) is 18.8. The van der Waals surface area contributed by atoms with Crippen molar-refractivity contribution in [2.75, 3.05) is 26.8 Å². The van der Waals surface area contributed by atoms with E-state index in [1.807, 2.05) is 6.07 Å². The summed E-state index contributed by atoms with van der Waals surface area (Å²) >= 11 is 0. The molecule has 0 saturated carbocycles. The van der Waals surface area contributed by atoms with E-state index in [4.69, 9.17) is 9.47 Å². The fraction of sp³-hybridized carbons (Fsp3) is 0.524. The predicted molar refractivity (Wildman–Crippen MR) is 101 cm³/mol. The number of esters is 1. The second kappa shape index (κ2) is 10.6. The van der Waals surface area contributed by atoms with Gasteiger partial charge in [-0.15, -0.1) is 0 Å². The van der Waals surface area contributed by atoms with Crippen molar-refractivity contribution in [2.45, 2.75) is 45.4 Å². The maximum absolute atomic E-state index is 13.0. The van der Waals surface area contributed by atoms with E-state index in [1.165, 1.54) is 18.4 Å². The lowest BCUT2D eigenvalue weighted by molar-refractivity contribution is -0.143. The number of hydrogen-bond donors (Lipinski definition) is 0. The third-order valence-electron chi connectivity index (χ3n) is 4.58. The van der Waals surface area contributed by atoms with Crippen LogP contribution < -0.4 is 4.74 Å². The summed E-state index contributed by atoms with van der Waals surface area (Å²) in [7, 11) is 1.58. The summed E-state index contributed by atoms with van der Waals surface area (Å²) in [5, 5.41) is 0. The number of amides is 1. The molecule has 1 aliphatic carbocycles. The van der Waals surface area contributed by atoms with Gasteiger partial charge in [0.05, 0.1) is 20.1 Å². The highest BCUT2D eigenvalue weighted by atomic mass is 16.5. The van der Waals surface area contributed by atoms with Crippen molar-refractivity contribution in [3.05, 3.63) is 41.5 Å². The molecule has 0 aromatic heterocycles. The van der Waals surface area contributed by atoms with Gasteiger partial charge in [0.15, 0.2) is 0 Å². The Morgan fingerprint density at radius 2 is 2.04 bits per heavy atom. The molecule has 142 valence electrons. The van der Waals surface area contributed by atoms with Crippen LogP contribution in [-0.2, 0) is 9.53 Å². The van der Waals surface area contributed by atoms with E-state index in [2.05, 4.69) is 6.08 Å². The summed E-state index contributed by atoms with van der Waals surface area (Å²) in [6, 6.07) is 7.13. The lowest BCUT2D eigenvalue weighted by Gasteiger charge is -2.24. The minimum absolute atomic E-state index is 0.0791. The van der Waals surface area contributed by atoms with Gasteiger partial charge in [0, 0.05) is 18.7 Å². The van der Waals surface area contributed by atoms with E-state index in [0.29, 0.717) is 31.0 Å². The van der Waals surface area contributed by atoms with Gasteiger partial charge < -0.3 is 14.4 Å². The van der Waals surface area contributed by atoms with Gasteiger partial charge in [-0.2, -0.15) is 0 Å². The molecule has 1 aliphatic rings. The maximum Gasteiger partial charge on any atom is 0.307 e. The molecule has 0 spiro atoms. The zero-order valence-corrected chi connectivity index (χ0v) is 15.8. The van der Waals surface area contributed by atoms with Crippen LogP contribution in [0.5, 0.6) is 5.75 Å². The largest absolute Gasteiger partial charge is 0.497 e. The smallest absolute Gasteiger partial charge is 0.307 e. The number of methoxy groups -OCH3 is 1. The number of rotatable bonds is 9. The fourth-order valence-corrected chi connectivity index (χ4v) is 3.12. The third-order valence-corrected chi connectivity index (χ3v) is 4.58. The molecule has 0 fully saturated rings. The number of benzene rings is 1. The molecule has 2 rings (SSSR count). The highest BCUT2D eigenvalue weighted by molar-refractivity contribution is 5.94. The van der Waals surface area contributed by atoms with Crippen LogP contribution in [0.25, 0.3) is 0 Å². The SMILES string of the molecule is CCOC(=O)CCN(CCC1=CCCCC1)C(=O)c1cccc(OC)c1. The highest BCUT2D eigenvalue weighted by Crippen LogP contribution is 2.21. The molecule has 0 N–H and O–H groups in total. The van der Waals surface area contributed by atoms with Crippen LogP contribution in [0.2, 0.25) is 0 Å². The molecule has 0 bridgehead atoms. The van der Waals surface area contributed by atoms with Crippen molar-refractivity contribution >= 4 is 11.9 Å². The molecule has 0 unspecified atom stereocenters. The van der Waals surface area contributed by atoms with Gasteiger partial charge in [-0.05, 0) is 57.2 Å². The fourth-order valence-electron chi connectivity index (χ4n) is 3.12. The Morgan fingerprint density at radius 3 is 2.73 bits per heavy atom. The minimum atomic E-state index is -0.271. The van der Waals surface area contributed by atoms with Crippen molar-refractivity contribution in [3.8, 4) is 5.75 Å². The van der Waals surface area contributed by atoms with Crippen LogP contribution in [0, 0.1) is 0 Å². The van der Waals surface area contributed by atoms with Crippen molar-refractivity contribution in [2.24, 2.45) is 0 Å². The van der Waals surface area contributed by atoms with Crippen LogP contribution in [-0.4, -0.2) is 43.6 Å². The van der Waals surface area contributed by atoms with Crippen molar-refractivity contribution in [3.63, 3.8) is 0 Å². The molecule has 1 amide bonds. The first kappa shape index (κ1) is 20.0. The molecule has 0 radical (unpaired) electrons. The maximum atomic E-state index is 13.0. The van der Waals surface area contributed by atoms with Gasteiger partial charge in [0.1, 0.15) is 5.75 Å². The minimum Gasteiger partial charge on any atom is -0.497 e. The molecule has 1 aromatic rings. The quantitative estimate of drug-likeness (QED) is 0.494. The molecule has 26 heavy (non-hydrogen) atoms. The summed E-state index contributed by atoms with van der Waals surface area (Å²) in [5.74, 6) is 0.300. The first-order valence-electron chi connectivity index (χ1n) is 9.41. The average molecular weight is 359 g/mol. The summed E-state index contributed by atoms with van der Waals surface area (Å²) in [6.45, 7) is 3.12. The Bertz CT molecular complexity index is 639. The second-order valence-electron chi connectivity index (χ2n) is 6.44. The van der Waals surface area contributed by atoms with E-state index in [1.54, 1.807) is 37.1 Å². The number of carbonyl (C=O) groups is 2. The predicted octanol–water partition coefficient (Wildman–Crippen LogP) is 3.98. The monoisotopic (exact) mass is 359 g/mol. The van der Waals surface area contributed by atoms with E-state index in [0.717, 1.165) is 19.3 Å². The first-order valence-corrected chi connectivity index (χ1v) is 9.41. The highest BCUT2D eigenvalue weighted by Gasteiger charge is 2.18. The number of ether oxygens (including phenoxy) is 2. The Balaban J connectivity index is 2.05. The third kappa shape index (κ3) is 6.21. The standard InChI is InChI=1S/C21H29NO4/c1-3-26-20(23)13-15-22(14-12-17-8-5-4-6-9-17)21(24)18-10-7-11-19(16-18)25-2/h7-8,10-11,16H,3-6,9,12-15H2,1-2H3. The summed E-state index contributed by atoms with van der Waals surface area (Å²) in [4.78, 5) is 26.4. The van der Waals surface area contributed by atoms with E-state index < -0.39 is 0 Å². The molecular formula is C21H29NO4. The normalized spacial score (nSPS) is 13.7. The molecule has 5 heteroatoms. The van der Waals surface area contributed by atoms with Crippen LogP contribution in [0.3, 0.4) is 0 Å². The zero-order valence-electron chi connectivity index (χ0n) is 15.8. The average Bonchev–Trinajstić information content (AvgIpc) is 2.68. The number of carbonyl (C=O) groups excluding carboxylic acids is 2. The van der Waals surface area contributed by atoms with Gasteiger partial charge in [-0.1, -0.05) is 17.7 Å². The van der Waals surface area contributed by atoms with Crippen LogP contribution >= 0.6 is 0 Å². The van der Waals surface area contributed by atoms with Gasteiger partial charge in [0.2, 0.25) is 0 Å². The summed E-state index contributed by atoms with van der Waals surface area (Å²) < 4.78 is 10.2. The lowest BCUT2D eigenvalue weighted by atomic mass is 9.97. The molecule has 0 heterocycles. The van der Waals surface area contributed by atoms with Crippen molar-refractivity contribution in [1.82, 2.24) is 4.90 Å². The van der Waals surface area contributed by atoms with Crippen LogP contribution in [0.1, 0.15) is 55.8 Å². The number of nitrogens with zero attached hydrogens (tertiary/aromatic N) is 1. The first-order chi connectivity index (χ1) is 12.6. The van der Waals surface area contributed by atoms with E-state index in [-0.39, 0.29) is 18.3 Å². The second-order valence-corrected chi connectivity index (χ2v) is 6.44. The lowest BCUT2D eigenvalue weighted by Crippen LogP contribution is -2.34. The molecule has 0 atom stereocenters. The molecular weight excluding hydrogens is 330 g/mol. The Kier molecular flexibility index (Phi) is 8.19. The van der Waals surface area contributed by atoms with Gasteiger partial charge in [-0.3, -0.25) is 9.59 Å². The van der Waals surface area contributed by atoms with Gasteiger partial charge in [-0.25, -0.2) is 0 Å². The van der Waals surface area contributed by atoms with E-state index in [9.17, 15) is 9.59 Å². The van der Waals surface area contributed by atoms with Crippen LogP contribution in [0.15, 0.2) is 35.9 Å². The van der Waals surface area contributed by atoms with Crippen LogP contribution in [0.4, 0.5) is 0 Å². The van der Waals surface area contributed by atoms with Crippen molar-refractivity contribution in [1.29, 1.82) is 0 Å². The number of hydrogen-bond acceptors (Lipinski definition) is 4. The molecule has 0 aliphatic heterocycles. The Morgan fingerprint density at radius 1 is 1.19 bits per heavy atom. The van der Waals surface area contributed by atoms with E-state index >= 15 is 0 Å². The molecule has 0 saturated heterocycles. The topological polar surface area (TPSA) is 55.8 Å². The Hall–Kier alpha value is -2.30. The Labute approximate surface area is 156 Å². The number of allylic oxidation sites excluding steroid dienone is 1. The van der Waals surface area contributed by atoms with Gasteiger partial charge in [0.25, 0.3) is 5.91 Å². The summed E-state index contributed by atoms with van der Waals surface area (Å²) in [5.41, 5.74) is 1.99. The molecule has 5 nitrogen and oxygen atoms in total. The molecule has 1 aromatic carbocycles. The van der Waals surface area contributed by atoms with Gasteiger partial charge >= 0.3 is 5.97 Å². The van der Waals surface area contributed by atoms with Crippen molar-refractivity contribution < 1.29 is 19.1 Å².